The molecule has 0 radical (unpaired) electrons. The number of aromatic hydroxyl groups is 2. The number of carbonyl (C=O) groups excluding carboxylic acids is 1. The van der Waals surface area contributed by atoms with Gasteiger partial charge in [0.1, 0.15) is 28.6 Å². The average molecular weight is 314 g/mol. The fourth-order valence-corrected chi connectivity index (χ4v) is 2.10. The largest absolute Gasteiger partial charge is 0.507 e. The monoisotopic (exact) mass is 314 g/mol. The second kappa shape index (κ2) is 6.87. The van der Waals surface area contributed by atoms with Crippen LogP contribution in [0.1, 0.15) is 21.5 Å². The second-order valence-electron chi connectivity index (χ2n) is 4.92. The summed E-state index contributed by atoms with van der Waals surface area (Å²) in [5.74, 6) is 0.0106. The van der Waals surface area contributed by atoms with E-state index >= 15 is 0 Å². The molecular formula is C18H18O5. The molecule has 5 heteroatoms. The minimum atomic E-state index is -0.418. The maximum absolute atomic E-state index is 12.4. The molecule has 2 aromatic carbocycles. The summed E-state index contributed by atoms with van der Waals surface area (Å²) in [6, 6.07) is 8.49. The molecule has 120 valence electrons. The first-order chi connectivity index (χ1) is 11.0. The normalized spacial score (nSPS) is 10.7. The Kier molecular flexibility index (Phi) is 4.91. The molecule has 0 atom stereocenters. The van der Waals surface area contributed by atoms with Gasteiger partial charge in [-0.15, -0.1) is 0 Å². The number of rotatable bonds is 5. The third-order valence-electron chi connectivity index (χ3n) is 3.50. The number of hydrogen-bond donors (Lipinski definition) is 2. The molecule has 2 N–H and O–H groups in total. The summed E-state index contributed by atoms with van der Waals surface area (Å²) in [6.07, 6.45) is 2.97. The van der Waals surface area contributed by atoms with E-state index in [0.29, 0.717) is 0 Å². The van der Waals surface area contributed by atoms with Crippen LogP contribution in [-0.4, -0.2) is 30.2 Å². The van der Waals surface area contributed by atoms with E-state index in [4.69, 9.17) is 9.47 Å². The number of ether oxygens (including phenoxy) is 2. The average Bonchev–Trinajstić information content (AvgIpc) is 2.57. The van der Waals surface area contributed by atoms with Crippen molar-refractivity contribution in [2.75, 3.05) is 14.2 Å². The zero-order valence-electron chi connectivity index (χ0n) is 13.2. The lowest BCUT2D eigenvalue weighted by molar-refractivity contribution is 0.104. The van der Waals surface area contributed by atoms with Crippen LogP contribution in [0.2, 0.25) is 0 Å². The van der Waals surface area contributed by atoms with Gasteiger partial charge >= 0.3 is 0 Å². The molecule has 0 aliphatic rings. The van der Waals surface area contributed by atoms with E-state index in [-0.39, 0.29) is 28.4 Å². The first kappa shape index (κ1) is 16.4. The topological polar surface area (TPSA) is 76.0 Å². The van der Waals surface area contributed by atoms with Crippen molar-refractivity contribution < 1.29 is 24.5 Å². The Hall–Kier alpha value is -2.95. The highest BCUT2D eigenvalue weighted by atomic mass is 16.5. The quantitative estimate of drug-likeness (QED) is 0.654. The Labute approximate surface area is 134 Å². The Balaban J connectivity index is 2.33. The molecule has 0 spiro atoms. The number of phenols is 2. The number of allylic oxidation sites excluding steroid dienone is 1. The van der Waals surface area contributed by atoms with Gasteiger partial charge in [-0.05, 0) is 30.7 Å². The summed E-state index contributed by atoms with van der Waals surface area (Å²) < 4.78 is 10.1. The van der Waals surface area contributed by atoms with Crippen LogP contribution in [-0.2, 0) is 0 Å². The molecule has 0 bridgehead atoms. The standard InChI is InChI=1S/C18H18O5/c1-11-15(20)10-16(23-3)17(18(11)21)14(19)9-6-12-4-7-13(22-2)8-5-12/h4-10,20-21H,1-3H3/b9-6+. The molecule has 0 aliphatic heterocycles. The Morgan fingerprint density at radius 1 is 1.09 bits per heavy atom. The van der Waals surface area contributed by atoms with Crippen molar-refractivity contribution in [1.29, 1.82) is 0 Å². The van der Waals surface area contributed by atoms with Crippen molar-refractivity contribution in [3.05, 3.63) is 53.1 Å². The predicted octanol–water partition coefficient (Wildman–Crippen LogP) is 3.32. The predicted molar refractivity (Wildman–Crippen MR) is 87.4 cm³/mol. The molecule has 0 saturated heterocycles. The SMILES string of the molecule is COc1ccc(/C=C/C(=O)c2c(OC)cc(O)c(C)c2O)cc1. The van der Waals surface area contributed by atoms with E-state index in [0.717, 1.165) is 11.3 Å². The third-order valence-corrected chi connectivity index (χ3v) is 3.50. The summed E-state index contributed by atoms with van der Waals surface area (Å²) in [7, 11) is 2.95. The van der Waals surface area contributed by atoms with Gasteiger partial charge in [-0.25, -0.2) is 0 Å². The van der Waals surface area contributed by atoms with E-state index in [1.165, 1.54) is 26.2 Å². The highest BCUT2D eigenvalue weighted by Gasteiger charge is 2.20. The maximum Gasteiger partial charge on any atom is 0.193 e. The number of carbonyl (C=O) groups is 1. The van der Waals surface area contributed by atoms with Gasteiger partial charge in [0.15, 0.2) is 5.78 Å². The summed E-state index contributed by atoms with van der Waals surface area (Å²) >= 11 is 0. The van der Waals surface area contributed by atoms with Crippen LogP contribution in [0.25, 0.3) is 6.08 Å². The van der Waals surface area contributed by atoms with Crippen LogP contribution in [0.4, 0.5) is 0 Å². The summed E-state index contributed by atoms with van der Waals surface area (Å²) in [4.78, 5) is 12.4. The second-order valence-corrected chi connectivity index (χ2v) is 4.92. The van der Waals surface area contributed by atoms with E-state index in [1.54, 1.807) is 25.3 Å². The van der Waals surface area contributed by atoms with Crippen LogP contribution in [0.15, 0.2) is 36.4 Å². The van der Waals surface area contributed by atoms with Gasteiger partial charge in [0.05, 0.1) is 14.2 Å². The van der Waals surface area contributed by atoms with Crippen molar-refractivity contribution in [3.8, 4) is 23.0 Å². The van der Waals surface area contributed by atoms with Crippen LogP contribution in [0.5, 0.6) is 23.0 Å². The number of methoxy groups -OCH3 is 2. The molecule has 0 unspecified atom stereocenters. The van der Waals surface area contributed by atoms with Gasteiger partial charge in [0.25, 0.3) is 0 Å². The molecule has 0 aliphatic carbocycles. The number of benzene rings is 2. The molecule has 23 heavy (non-hydrogen) atoms. The van der Waals surface area contributed by atoms with Crippen molar-refractivity contribution >= 4 is 11.9 Å². The van der Waals surface area contributed by atoms with Crippen molar-refractivity contribution in [2.45, 2.75) is 6.92 Å². The molecule has 2 rings (SSSR count). The van der Waals surface area contributed by atoms with E-state index in [1.807, 2.05) is 12.1 Å². The summed E-state index contributed by atoms with van der Waals surface area (Å²) in [6.45, 7) is 1.52. The molecule has 0 heterocycles. The van der Waals surface area contributed by atoms with Crippen LogP contribution in [0.3, 0.4) is 0 Å². The minimum absolute atomic E-state index is 0.0209. The smallest absolute Gasteiger partial charge is 0.193 e. The molecular weight excluding hydrogens is 296 g/mol. The van der Waals surface area contributed by atoms with Gasteiger partial charge in [0, 0.05) is 11.6 Å². The molecule has 0 fully saturated rings. The molecule has 0 saturated carbocycles. The van der Waals surface area contributed by atoms with Gasteiger partial charge in [-0.2, -0.15) is 0 Å². The zero-order chi connectivity index (χ0) is 17.0. The Morgan fingerprint density at radius 3 is 2.30 bits per heavy atom. The number of ketones is 1. The first-order valence-electron chi connectivity index (χ1n) is 6.94. The van der Waals surface area contributed by atoms with E-state index in [9.17, 15) is 15.0 Å². The fourth-order valence-electron chi connectivity index (χ4n) is 2.10. The minimum Gasteiger partial charge on any atom is -0.507 e. The first-order valence-corrected chi connectivity index (χ1v) is 6.94. The van der Waals surface area contributed by atoms with Gasteiger partial charge in [-0.3, -0.25) is 4.79 Å². The lowest BCUT2D eigenvalue weighted by atomic mass is 10.0. The number of hydrogen-bond acceptors (Lipinski definition) is 5. The van der Waals surface area contributed by atoms with Crippen LogP contribution < -0.4 is 9.47 Å². The number of phenolic OH excluding ortho intramolecular Hbond substituents is 2. The molecule has 0 aromatic heterocycles. The van der Waals surface area contributed by atoms with Crippen LogP contribution in [0, 0.1) is 6.92 Å². The Morgan fingerprint density at radius 2 is 1.74 bits per heavy atom. The van der Waals surface area contributed by atoms with E-state index < -0.39 is 5.78 Å². The third kappa shape index (κ3) is 3.45. The van der Waals surface area contributed by atoms with Gasteiger partial charge < -0.3 is 19.7 Å². The summed E-state index contributed by atoms with van der Waals surface area (Å²) in [5.41, 5.74) is 1.06. The van der Waals surface area contributed by atoms with Crippen LogP contribution >= 0.6 is 0 Å². The van der Waals surface area contributed by atoms with Crippen molar-refractivity contribution in [2.24, 2.45) is 0 Å². The summed E-state index contributed by atoms with van der Waals surface area (Å²) in [5, 5.41) is 19.8. The highest BCUT2D eigenvalue weighted by Crippen LogP contribution is 2.37. The maximum atomic E-state index is 12.4. The zero-order valence-corrected chi connectivity index (χ0v) is 13.2. The Bertz CT molecular complexity index is 745. The molecule has 5 nitrogen and oxygen atoms in total. The fraction of sp³-hybridized carbons (Fsp3) is 0.167. The molecule has 2 aromatic rings. The lowest BCUT2D eigenvalue weighted by Crippen LogP contribution is -2.01. The van der Waals surface area contributed by atoms with Crippen molar-refractivity contribution in [1.82, 2.24) is 0 Å². The lowest BCUT2D eigenvalue weighted by Gasteiger charge is -2.11. The highest BCUT2D eigenvalue weighted by molar-refractivity contribution is 6.11. The van der Waals surface area contributed by atoms with Gasteiger partial charge in [-0.1, -0.05) is 18.2 Å². The van der Waals surface area contributed by atoms with E-state index in [2.05, 4.69) is 0 Å². The molecule has 0 amide bonds. The van der Waals surface area contributed by atoms with Gasteiger partial charge in [0.2, 0.25) is 0 Å². The van der Waals surface area contributed by atoms with Crippen molar-refractivity contribution in [3.63, 3.8) is 0 Å².